The third kappa shape index (κ3) is 3.07. The summed E-state index contributed by atoms with van der Waals surface area (Å²) >= 11 is 6.13. The molecule has 0 bridgehead atoms. The standard InChI is InChI=1S/C15H21ClN2O2/c1-4-17-5-7-18(8-6-17)15(19)12-10-13(16)14(20-3)9-11(12)2/h9-10H,4-8H2,1-3H3. The van der Waals surface area contributed by atoms with Gasteiger partial charge in [0.15, 0.2) is 0 Å². The molecule has 1 saturated heterocycles. The summed E-state index contributed by atoms with van der Waals surface area (Å²) in [7, 11) is 1.58. The smallest absolute Gasteiger partial charge is 0.254 e. The fraction of sp³-hybridized carbons (Fsp3) is 0.533. The number of carbonyl (C=O) groups excluding carboxylic acids is 1. The summed E-state index contributed by atoms with van der Waals surface area (Å²) in [6, 6.07) is 3.53. The number of methoxy groups -OCH3 is 1. The molecule has 1 heterocycles. The van der Waals surface area contributed by atoms with Crippen LogP contribution >= 0.6 is 11.6 Å². The predicted octanol–water partition coefficient (Wildman–Crippen LogP) is 2.43. The van der Waals surface area contributed by atoms with E-state index in [0.717, 1.165) is 38.3 Å². The number of ether oxygens (including phenoxy) is 1. The zero-order valence-corrected chi connectivity index (χ0v) is 13.0. The highest BCUT2D eigenvalue weighted by Gasteiger charge is 2.23. The van der Waals surface area contributed by atoms with E-state index >= 15 is 0 Å². The van der Waals surface area contributed by atoms with E-state index in [-0.39, 0.29) is 5.91 Å². The largest absolute Gasteiger partial charge is 0.495 e. The van der Waals surface area contributed by atoms with Crippen molar-refractivity contribution in [2.24, 2.45) is 0 Å². The van der Waals surface area contributed by atoms with Gasteiger partial charge in [-0.2, -0.15) is 0 Å². The summed E-state index contributed by atoms with van der Waals surface area (Å²) in [4.78, 5) is 16.8. The zero-order valence-electron chi connectivity index (χ0n) is 12.3. The highest BCUT2D eigenvalue weighted by atomic mass is 35.5. The molecule has 110 valence electrons. The number of rotatable bonds is 3. The molecule has 1 amide bonds. The molecule has 1 aliphatic rings. The van der Waals surface area contributed by atoms with E-state index in [2.05, 4.69) is 11.8 Å². The van der Waals surface area contributed by atoms with Gasteiger partial charge in [0.25, 0.3) is 5.91 Å². The monoisotopic (exact) mass is 296 g/mol. The normalized spacial score (nSPS) is 16.3. The van der Waals surface area contributed by atoms with Gasteiger partial charge in [-0.1, -0.05) is 18.5 Å². The third-order valence-corrected chi connectivity index (χ3v) is 4.13. The maximum Gasteiger partial charge on any atom is 0.254 e. The summed E-state index contributed by atoms with van der Waals surface area (Å²) < 4.78 is 5.17. The Balaban J connectivity index is 2.16. The van der Waals surface area contributed by atoms with Crippen LogP contribution in [0.5, 0.6) is 5.75 Å². The van der Waals surface area contributed by atoms with Crippen molar-refractivity contribution in [2.45, 2.75) is 13.8 Å². The first-order chi connectivity index (χ1) is 9.56. The van der Waals surface area contributed by atoms with Crippen LogP contribution < -0.4 is 4.74 Å². The number of amides is 1. The second-order valence-corrected chi connectivity index (χ2v) is 5.44. The van der Waals surface area contributed by atoms with Crippen LogP contribution in [0.3, 0.4) is 0 Å². The minimum Gasteiger partial charge on any atom is -0.495 e. The fourth-order valence-electron chi connectivity index (χ4n) is 2.48. The highest BCUT2D eigenvalue weighted by molar-refractivity contribution is 6.32. The maximum absolute atomic E-state index is 12.6. The molecule has 2 rings (SSSR count). The van der Waals surface area contributed by atoms with Crippen molar-refractivity contribution in [3.05, 3.63) is 28.3 Å². The number of benzene rings is 1. The first-order valence-electron chi connectivity index (χ1n) is 6.92. The number of piperazine rings is 1. The van der Waals surface area contributed by atoms with E-state index in [9.17, 15) is 4.79 Å². The maximum atomic E-state index is 12.6. The van der Waals surface area contributed by atoms with Crippen molar-refractivity contribution < 1.29 is 9.53 Å². The lowest BCUT2D eigenvalue weighted by atomic mass is 10.1. The van der Waals surface area contributed by atoms with Gasteiger partial charge in [-0.25, -0.2) is 0 Å². The van der Waals surface area contributed by atoms with Gasteiger partial charge in [-0.05, 0) is 31.2 Å². The van der Waals surface area contributed by atoms with Crippen molar-refractivity contribution in [3.8, 4) is 5.75 Å². The first-order valence-corrected chi connectivity index (χ1v) is 7.30. The van der Waals surface area contributed by atoms with E-state index in [1.807, 2.05) is 17.9 Å². The molecule has 1 fully saturated rings. The van der Waals surface area contributed by atoms with Gasteiger partial charge in [-0.3, -0.25) is 4.79 Å². The second-order valence-electron chi connectivity index (χ2n) is 5.03. The van der Waals surface area contributed by atoms with Crippen LogP contribution in [0.15, 0.2) is 12.1 Å². The van der Waals surface area contributed by atoms with Crippen LogP contribution in [0.25, 0.3) is 0 Å². The van der Waals surface area contributed by atoms with Crippen LogP contribution in [-0.4, -0.2) is 55.5 Å². The molecule has 5 heteroatoms. The Bertz CT molecular complexity index is 497. The van der Waals surface area contributed by atoms with Gasteiger partial charge >= 0.3 is 0 Å². The number of hydrogen-bond acceptors (Lipinski definition) is 3. The number of nitrogens with zero attached hydrogens (tertiary/aromatic N) is 2. The summed E-state index contributed by atoms with van der Waals surface area (Å²) in [5.41, 5.74) is 1.56. The molecule has 0 saturated carbocycles. The van der Waals surface area contributed by atoms with Gasteiger partial charge in [-0.15, -0.1) is 0 Å². The number of halogens is 1. The average molecular weight is 297 g/mol. The van der Waals surface area contributed by atoms with E-state index in [0.29, 0.717) is 16.3 Å². The number of likely N-dealkylation sites (N-methyl/N-ethyl adjacent to an activating group) is 1. The van der Waals surface area contributed by atoms with Gasteiger partial charge < -0.3 is 14.5 Å². The van der Waals surface area contributed by atoms with Crippen LogP contribution in [-0.2, 0) is 0 Å². The quantitative estimate of drug-likeness (QED) is 0.859. The van der Waals surface area contributed by atoms with E-state index in [1.54, 1.807) is 13.2 Å². The van der Waals surface area contributed by atoms with Crippen LogP contribution in [0.2, 0.25) is 5.02 Å². The lowest BCUT2D eigenvalue weighted by molar-refractivity contribution is 0.0642. The first kappa shape index (κ1) is 15.1. The summed E-state index contributed by atoms with van der Waals surface area (Å²) in [5, 5.41) is 0.480. The minimum atomic E-state index is 0.0582. The molecule has 0 aromatic heterocycles. The Morgan fingerprint density at radius 2 is 1.95 bits per heavy atom. The van der Waals surface area contributed by atoms with Gasteiger partial charge in [0, 0.05) is 31.7 Å². The molecule has 0 radical (unpaired) electrons. The second kappa shape index (κ2) is 6.46. The van der Waals surface area contributed by atoms with Crippen LogP contribution in [0.1, 0.15) is 22.8 Å². The van der Waals surface area contributed by atoms with E-state index in [4.69, 9.17) is 16.3 Å². The Kier molecular flexibility index (Phi) is 4.89. The predicted molar refractivity (Wildman–Crippen MR) is 80.8 cm³/mol. The summed E-state index contributed by atoms with van der Waals surface area (Å²) in [6.45, 7) is 8.51. The van der Waals surface area contributed by atoms with Crippen molar-refractivity contribution >= 4 is 17.5 Å². The average Bonchev–Trinajstić information content (AvgIpc) is 2.48. The molecule has 0 N–H and O–H groups in total. The number of aryl methyl sites for hydroxylation is 1. The molecule has 20 heavy (non-hydrogen) atoms. The molecule has 4 nitrogen and oxygen atoms in total. The number of hydrogen-bond donors (Lipinski definition) is 0. The number of carbonyl (C=O) groups is 1. The molecular formula is C15H21ClN2O2. The Morgan fingerprint density at radius 3 is 2.50 bits per heavy atom. The van der Waals surface area contributed by atoms with Crippen molar-refractivity contribution in [1.82, 2.24) is 9.80 Å². The van der Waals surface area contributed by atoms with E-state index < -0.39 is 0 Å². The van der Waals surface area contributed by atoms with Gasteiger partial charge in [0.2, 0.25) is 0 Å². The zero-order chi connectivity index (χ0) is 14.7. The molecule has 1 aromatic rings. The van der Waals surface area contributed by atoms with Gasteiger partial charge in [0.05, 0.1) is 12.1 Å². The van der Waals surface area contributed by atoms with Crippen molar-refractivity contribution in [1.29, 1.82) is 0 Å². The molecule has 1 aromatic carbocycles. The topological polar surface area (TPSA) is 32.8 Å². The summed E-state index contributed by atoms with van der Waals surface area (Å²) in [5.74, 6) is 0.666. The molecule has 0 aliphatic carbocycles. The van der Waals surface area contributed by atoms with Crippen LogP contribution in [0.4, 0.5) is 0 Å². The van der Waals surface area contributed by atoms with Gasteiger partial charge in [0.1, 0.15) is 5.75 Å². The molecule has 0 spiro atoms. The SMILES string of the molecule is CCN1CCN(C(=O)c2cc(Cl)c(OC)cc2C)CC1. The fourth-order valence-corrected chi connectivity index (χ4v) is 2.72. The third-order valence-electron chi connectivity index (χ3n) is 3.84. The molecule has 1 aliphatic heterocycles. The Morgan fingerprint density at radius 1 is 1.30 bits per heavy atom. The van der Waals surface area contributed by atoms with Crippen molar-refractivity contribution in [2.75, 3.05) is 39.8 Å². The molecule has 0 unspecified atom stereocenters. The Labute approximate surface area is 125 Å². The molecular weight excluding hydrogens is 276 g/mol. The lowest BCUT2D eigenvalue weighted by Crippen LogP contribution is -2.48. The highest BCUT2D eigenvalue weighted by Crippen LogP contribution is 2.28. The Hall–Kier alpha value is -1.26. The lowest BCUT2D eigenvalue weighted by Gasteiger charge is -2.34. The van der Waals surface area contributed by atoms with Crippen molar-refractivity contribution in [3.63, 3.8) is 0 Å². The minimum absolute atomic E-state index is 0.0582. The molecule has 0 atom stereocenters. The van der Waals surface area contributed by atoms with E-state index in [1.165, 1.54) is 0 Å². The van der Waals surface area contributed by atoms with Crippen LogP contribution in [0, 0.1) is 6.92 Å². The summed E-state index contributed by atoms with van der Waals surface area (Å²) in [6.07, 6.45) is 0.